The Kier molecular flexibility index (Phi) is 4.43. The van der Waals surface area contributed by atoms with E-state index in [1.165, 1.54) is 0 Å². The molecule has 2 heterocycles. The fraction of sp³-hybridized carbons (Fsp3) is 0.150. The number of aliphatic hydroxyl groups excluding tert-OH is 1. The number of carbonyl (C=O) groups excluding carboxylic acids is 1. The van der Waals surface area contributed by atoms with Gasteiger partial charge in [0.25, 0.3) is 5.91 Å². The number of fused-ring (bicyclic) bond motifs is 1. The number of nitrogens with zero attached hydrogens (tertiary/aromatic N) is 3. The highest BCUT2D eigenvalue weighted by atomic mass is 16.3. The van der Waals surface area contributed by atoms with Crippen molar-refractivity contribution in [1.82, 2.24) is 19.7 Å². The maximum atomic E-state index is 12.5. The third-order valence-electron chi connectivity index (χ3n) is 4.24. The van der Waals surface area contributed by atoms with E-state index in [9.17, 15) is 9.90 Å². The van der Waals surface area contributed by atoms with Crippen molar-refractivity contribution in [3.8, 4) is 0 Å². The number of benzene rings is 2. The lowest BCUT2D eigenvalue weighted by Gasteiger charge is -2.03. The van der Waals surface area contributed by atoms with Gasteiger partial charge >= 0.3 is 0 Å². The molecule has 1 atom stereocenters. The van der Waals surface area contributed by atoms with Crippen LogP contribution in [0.5, 0.6) is 0 Å². The van der Waals surface area contributed by atoms with Crippen molar-refractivity contribution < 1.29 is 9.90 Å². The number of aromatic amines is 1. The van der Waals surface area contributed by atoms with E-state index in [-0.39, 0.29) is 5.91 Å². The number of hydrogen-bond donors (Lipinski definition) is 3. The molecule has 7 nitrogen and oxygen atoms in total. The highest BCUT2D eigenvalue weighted by Crippen LogP contribution is 2.20. The summed E-state index contributed by atoms with van der Waals surface area (Å²) in [4.78, 5) is 19.9. The van der Waals surface area contributed by atoms with Gasteiger partial charge in [-0.3, -0.25) is 9.48 Å². The van der Waals surface area contributed by atoms with E-state index in [4.69, 9.17) is 0 Å². The van der Waals surface area contributed by atoms with Crippen LogP contribution < -0.4 is 5.32 Å². The fourth-order valence-corrected chi connectivity index (χ4v) is 2.85. The van der Waals surface area contributed by atoms with Gasteiger partial charge in [-0.15, -0.1) is 0 Å². The molecule has 3 N–H and O–H groups in total. The Bertz CT molecular complexity index is 1080. The second-order valence-electron chi connectivity index (χ2n) is 6.40. The van der Waals surface area contributed by atoms with Gasteiger partial charge in [0.05, 0.1) is 29.3 Å². The number of amides is 1. The van der Waals surface area contributed by atoms with Crippen LogP contribution in [0.15, 0.2) is 60.9 Å². The van der Waals surface area contributed by atoms with Crippen molar-refractivity contribution in [2.24, 2.45) is 0 Å². The van der Waals surface area contributed by atoms with Crippen LogP contribution in [0, 0.1) is 0 Å². The van der Waals surface area contributed by atoms with Gasteiger partial charge in [-0.2, -0.15) is 5.10 Å². The molecular weight excluding hydrogens is 342 g/mol. The molecule has 1 unspecified atom stereocenters. The van der Waals surface area contributed by atoms with Gasteiger partial charge in [-0.1, -0.05) is 30.3 Å². The minimum Gasteiger partial charge on any atom is -0.385 e. The predicted molar refractivity (Wildman–Crippen MR) is 102 cm³/mol. The zero-order valence-electron chi connectivity index (χ0n) is 14.8. The van der Waals surface area contributed by atoms with Crippen molar-refractivity contribution in [2.75, 3.05) is 5.32 Å². The van der Waals surface area contributed by atoms with E-state index in [0.717, 1.165) is 16.6 Å². The van der Waals surface area contributed by atoms with Crippen molar-refractivity contribution in [2.45, 2.75) is 19.6 Å². The molecule has 0 aliphatic heterocycles. The first-order chi connectivity index (χ1) is 13.1. The van der Waals surface area contributed by atoms with E-state index in [1.807, 2.05) is 30.3 Å². The number of anilines is 1. The van der Waals surface area contributed by atoms with Crippen molar-refractivity contribution in [3.63, 3.8) is 0 Å². The molecule has 0 saturated carbocycles. The summed E-state index contributed by atoms with van der Waals surface area (Å²) in [5.41, 5.74) is 3.73. The highest BCUT2D eigenvalue weighted by molar-refractivity contribution is 6.04. The van der Waals surface area contributed by atoms with Gasteiger partial charge in [-0.25, -0.2) is 4.98 Å². The second-order valence-corrected chi connectivity index (χ2v) is 6.40. The Morgan fingerprint density at radius 3 is 2.85 bits per heavy atom. The summed E-state index contributed by atoms with van der Waals surface area (Å²) >= 11 is 0. The average Bonchev–Trinajstić information content (AvgIpc) is 3.29. The number of aromatic nitrogens is 4. The molecule has 0 aliphatic rings. The standard InChI is InChI=1S/C20H19N5O2/c1-13(26)19-23-17-8-7-16(9-18(17)24-19)22-20(27)15-10-21-25(12-15)11-14-5-3-2-4-6-14/h2-10,12-13,26H,11H2,1H3,(H,22,27)(H,23,24). The van der Waals surface area contributed by atoms with Gasteiger partial charge in [0.1, 0.15) is 11.9 Å². The third-order valence-corrected chi connectivity index (χ3v) is 4.24. The van der Waals surface area contributed by atoms with Crippen LogP contribution in [0.25, 0.3) is 11.0 Å². The number of rotatable bonds is 5. The van der Waals surface area contributed by atoms with Crippen LogP contribution in [0.4, 0.5) is 5.69 Å². The van der Waals surface area contributed by atoms with Gasteiger partial charge < -0.3 is 15.4 Å². The molecule has 0 spiro atoms. The van der Waals surface area contributed by atoms with E-state index < -0.39 is 6.10 Å². The predicted octanol–water partition coefficient (Wildman–Crippen LogP) is 3.11. The van der Waals surface area contributed by atoms with Crippen molar-refractivity contribution in [1.29, 1.82) is 0 Å². The minimum atomic E-state index is -0.675. The van der Waals surface area contributed by atoms with Crippen LogP contribution in [-0.2, 0) is 6.54 Å². The largest absolute Gasteiger partial charge is 0.385 e. The molecule has 0 aliphatic carbocycles. The van der Waals surface area contributed by atoms with E-state index in [1.54, 1.807) is 42.2 Å². The lowest BCUT2D eigenvalue weighted by Crippen LogP contribution is -2.11. The molecule has 136 valence electrons. The second kappa shape index (κ2) is 7.05. The summed E-state index contributed by atoms with van der Waals surface area (Å²) in [6, 6.07) is 15.3. The fourth-order valence-electron chi connectivity index (χ4n) is 2.85. The summed E-state index contributed by atoms with van der Waals surface area (Å²) in [6.07, 6.45) is 2.60. The summed E-state index contributed by atoms with van der Waals surface area (Å²) in [5.74, 6) is 0.264. The number of H-pyrrole nitrogens is 1. The van der Waals surface area contributed by atoms with Crippen molar-refractivity contribution >= 4 is 22.6 Å². The summed E-state index contributed by atoms with van der Waals surface area (Å²) in [7, 11) is 0. The Balaban J connectivity index is 1.48. The van der Waals surface area contributed by atoms with Gasteiger partial charge in [0.15, 0.2) is 0 Å². The topological polar surface area (TPSA) is 95.8 Å². The molecule has 2 aromatic heterocycles. The van der Waals surface area contributed by atoms with E-state index >= 15 is 0 Å². The van der Waals surface area contributed by atoms with Crippen LogP contribution in [0.3, 0.4) is 0 Å². The van der Waals surface area contributed by atoms with Crippen LogP contribution >= 0.6 is 0 Å². The number of aliphatic hydroxyl groups is 1. The molecule has 0 saturated heterocycles. The van der Waals surface area contributed by atoms with Crippen LogP contribution in [0.1, 0.15) is 34.8 Å². The Morgan fingerprint density at radius 2 is 2.07 bits per heavy atom. The molecule has 4 rings (SSSR count). The first-order valence-electron chi connectivity index (χ1n) is 8.64. The zero-order valence-corrected chi connectivity index (χ0v) is 14.8. The van der Waals surface area contributed by atoms with Gasteiger partial charge in [-0.05, 0) is 30.7 Å². The Morgan fingerprint density at radius 1 is 1.26 bits per heavy atom. The molecule has 4 aromatic rings. The quantitative estimate of drug-likeness (QED) is 0.509. The third kappa shape index (κ3) is 3.73. The molecule has 27 heavy (non-hydrogen) atoms. The van der Waals surface area contributed by atoms with Gasteiger partial charge in [0.2, 0.25) is 0 Å². The Labute approximate surface area is 155 Å². The van der Waals surface area contributed by atoms with Crippen molar-refractivity contribution in [3.05, 3.63) is 77.9 Å². The molecule has 0 bridgehead atoms. The smallest absolute Gasteiger partial charge is 0.258 e. The average molecular weight is 361 g/mol. The van der Waals surface area contributed by atoms with E-state index in [2.05, 4.69) is 20.4 Å². The number of hydrogen-bond acceptors (Lipinski definition) is 4. The van der Waals surface area contributed by atoms with Crippen LogP contribution in [0.2, 0.25) is 0 Å². The molecule has 2 aromatic carbocycles. The zero-order chi connectivity index (χ0) is 18.8. The molecule has 7 heteroatoms. The van der Waals surface area contributed by atoms with Crippen LogP contribution in [-0.4, -0.2) is 30.8 Å². The number of carbonyl (C=O) groups is 1. The Hall–Kier alpha value is -3.45. The number of imidazole rings is 1. The molecule has 1 amide bonds. The van der Waals surface area contributed by atoms with Gasteiger partial charge in [0, 0.05) is 11.9 Å². The summed E-state index contributed by atoms with van der Waals surface area (Å²) in [5, 5.41) is 16.7. The molecule has 0 radical (unpaired) electrons. The monoisotopic (exact) mass is 361 g/mol. The maximum Gasteiger partial charge on any atom is 0.258 e. The molecule has 0 fully saturated rings. The SMILES string of the molecule is CC(O)c1nc2ccc(NC(=O)c3cnn(Cc4ccccc4)c3)cc2[nH]1. The summed E-state index contributed by atoms with van der Waals surface area (Å²) in [6.45, 7) is 2.25. The minimum absolute atomic E-state index is 0.232. The lowest BCUT2D eigenvalue weighted by atomic mass is 10.2. The highest BCUT2D eigenvalue weighted by Gasteiger charge is 2.12. The number of nitrogens with one attached hydrogen (secondary N) is 2. The lowest BCUT2D eigenvalue weighted by molar-refractivity contribution is 0.102. The normalized spacial score (nSPS) is 12.2. The molecular formula is C20H19N5O2. The van der Waals surface area contributed by atoms with E-state index in [0.29, 0.717) is 23.6 Å². The first kappa shape index (κ1) is 17.0. The summed E-state index contributed by atoms with van der Waals surface area (Å²) < 4.78 is 1.73. The maximum absolute atomic E-state index is 12.5. The first-order valence-corrected chi connectivity index (χ1v) is 8.64.